The van der Waals surface area contributed by atoms with Crippen molar-refractivity contribution in [2.75, 3.05) is 20.1 Å². The number of nitrogens with zero attached hydrogens (tertiary/aromatic N) is 4. The first-order valence-corrected chi connectivity index (χ1v) is 8.77. The van der Waals surface area contributed by atoms with Gasteiger partial charge in [-0.1, -0.05) is 24.3 Å². The lowest BCUT2D eigenvalue weighted by Gasteiger charge is -2.28. The first-order valence-electron chi connectivity index (χ1n) is 8.77. The van der Waals surface area contributed by atoms with E-state index < -0.39 is 6.17 Å². The lowest BCUT2D eigenvalue weighted by atomic mass is 10.1. The molecule has 0 bridgehead atoms. The molecule has 2 atom stereocenters. The first kappa shape index (κ1) is 18.0. The number of halogens is 1. The fourth-order valence-corrected chi connectivity index (χ4v) is 3.56. The van der Waals surface area contributed by atoms with Crippen LogP contribution in [-0.2, 0) is 26.7 Å². The van der Waals surface area contributed by atoms with Crippen LogP contribution in [0.3, 0.4) is 0 Å². The van der Waals surface area contributed by atoms with Crippen molar-refractivity contribution >= 4 is 0 Å². The van der Waals surface area contributed by atoms with E-state index in [4.69, 9.17) is 5.11 Å². The summed E-state index contributed by atoms with van der Waals surface area (Å²) in [4.78, 5) is 4.47. The summed E-state index contributed by atoms with van der Waals surface area (Å²) in [5, 5.41) is 13.3. The SMILES string of the molecule is CN(Cc1ccc(CO)cc1)C[C@@H]1C[C@H](F)CN1Cc1ccnn1C. The van der Waals surface area contributed by atoms with Gasteiger partial charge in [0.05, 0.1) is 12.3 Å². The summed E-state index contributed by atoms with van der Waals surface area (Å²) in [7, 11) is 4.00. The van der Waals surface area contributed by atoms with Crippen LogP contribution in [0.25, 0.3) is 0 Å². The maximum atomic E-state index is 14.0. The smallest absolute Gasteiger partial charge is 0.114 e. The fraction of sp³-hybridized carbons (Fsp3) is 0.526. The zero-order chi connectivity index (χ0) is 17.8. The maximum absolute atomic E-state index is 14.0. The van der Waals surface area contributed by atoms with Crippen LogP contribution in [0.4, 0.5) is 4.39 Å². The maximum Gasteiger partial charge on any atom is 0.114 e. The van der Waals surface area contributed by atoms with Gasteiger partial charge in [0, 0.05) is 45.5 Å². The third-order valence-corrected chi connectivity index (χ3v) is 4.94. The molecule has 6 heteroatoms. The summed E-state index contributed by atoms with van der Waals surface area (Å²) in [5.74, 6) is 0. The standard InChI is InChI=1S/C19H27FN4O/c1-22(10-15-3-5-16(14-25)6-4-15)12-19-9-17(20)11-24(19)13-18-7-8-21-23(18)2/h3-8,17,19,25H,9-14H2,1-2H3/t17-,19-/m0/s1. The van der Waals surface area contributed by atoms with Crippen LogP contribution in [0.15, 0.2) is 36.5 Å². The second-order valence-corrected chi connectivity index (χ2v) is 7.03. The highest BCUT2D eigenvalue weighted by atomic mass is 19.1. The summed E-state index contributed by atoms with van der Waals surface area (Å²) in [6, 6.07) is 10.2. The highest BCUT2D eigenvalue weighted by Crippen LogP contribution is 2.23. The Hall–Kier alpha value is -1.76. The summed E-state index contributed by atoms with van der Waals surface area (Å²) < 4.78 is 15.9. The third kappa shape index (κ3) is 4.66. The molecule has 2 heterocycles. The number of alkyl halides is 1. The quantitative estimate of drug-likeness (QED) is 0.832. The zero-order valence-corrected chi connectivity index (χ0v) is 15.0. The van der Waals surface area contributed by atoms with Crippen LogP contribution >= 0.6 is 0 Å². The Morgan fingerprint density at radius 2 is 1.96 bits per heavy atom. The Bertz CT molecular complexity index is 672. The molecule has 0 amide bonds. The Balaban J connectivity index is 1.58. The van der Waals surface area contributed by atoms with E-state index in [2.05, 4.69) is 21.9 Å². The number of hydrogen-bond acceptors (Lipinski definition) is 4. The lowest BCUT2D eigenvalue weighted by molar-refractivity contribution is 0.177. The van der Waals surface area contributed by atoms with Crippen LogP contribution < -0.4 is 0 Å². The molecule has 1 fully saturated rings. The number of likely N-dealkylation sites (tertiary alicyclic amines) is 1. The predicted molar refractivity (Wildman–Crippen MR) is 95.6 cm³/mol. The summed E-state index contributed by atoms with van der Waals surface area (Å²) in [6.45, 7) is 2.95. The summed E-state index contributed by atoms with van der Waals surface area (Å²) in [5.41, 5.74) is 3.24. The van der Waals surface area contributed by atoms with Crippen molar-refractivity contribution in [1.82, 2.24) is 19.6 Å². The van der Waals surface area contributed by atoms with Crippen LogP contribution in [0.1, 0.15) is 23.2 Å². The normalized spacial score (nSPS) is 21.3. The van der Waals surface area contributed by atoms with Crippen LogP contribution in [0.5, 0.6) is 0 Å². The molecule has 1 aliphatic rings. The molecule has 0 saturated carbocycles. The van der Waals surface area contributed by atoms with Gasteiger partial charge in [-0.25, -0.2) is 4.39 Å². The molecular weight excluding hydrogens is 319 g/mol. The molecule has 3 rings (SSSR count). The van der Waals surface area contributed by atoms with Gasteiger partial charge >= 0.3 is 0 Å². The average Bonchev–Trinajstić information content (AvgIpc) is 3.14. The highest BCUT2D eigenvalue weighted by Gasteiger charge is 2.33. The van der Waals surface area contributed by atoms with Crippen molar-refractivity contribution in [2.45, 2.75) is 38.3 Å². The largest absolute Gasteiger partial charge is 0.392 e. The molecule has 1 aromatic carbocycles. The van der Waals surface area contributed by atoms with E-state index in [0.29, 0.717) is 13.0 Å². The molecule has 1 N–H and O–H groups in total. The van der Waals surface area contributed by atoms with Gasteiger partial charge in [-0.2, -0.15) is 5.10 Å². The molecule has 0 radical (unpaired) electrons. The Morgan fingerprint density at radius 1 is 1.24 bits per heavy atom. The molecule has 5 nitrogen and oxygen atoms in total. The molecule has 0 aliphatic carbocycles. The molecule has 1 saturated heterocycles. The number of hydrogen-bond donors (Lipinski definition) is 1. The second kappa shape index (κ2) is 8.08. The Morgan fingerprint density at radius 3 is 2.60 bits per heavy atom. The lowest BCUT2D eigenvalue weighted by Crippen LogP contribution is -2.38. The Labute approximate surface area is 148 Å². The third-order valence-electron chi connectivity index (χ3n) is 4.94. The van der Waals surface area contributed by atoms with Crippen LogP contribution in [-0.4, -0.2) is 57.0 Å². The number of aliphatic hydroxyl groups is 1. The van der Waals surface area contributed by atoms with Gasteiger partial charge in [0.1, 0.15) is 6.17 Å². The second-order valence-electron chi connectivity index (χ2n) is 7.03. The number of aliphatic hydroxyl groups excluding tert-OH is 1. The number of aromatic nitrogens is 2. The van der Waals surface area contributed by atoms with Crippen LogP contribution in [0.2, 0.25) is 0 Å². The van der Waals surface area contributed by atoms with Crippen LogP contribution in [0, 0.1) is 0 Å². The molecule has 0 unspecified atom stereocenters. The van der Waals surface area contributed by atoms with Crippen molar-refractivity contribution in [1.29, 1.82) is 0 Å². The van der Waals surface area contributed by atoms with Gasteiger partial charge in [0.15, 0.2) is 0 Å². The van der Waals surface area contributed by atoms with Crippen molar-refractivity contribution in [3.05, 3.63) is 53.3 Å². The zero-order valence-electron chi connectivity index (χ0n) is 15.0. The van der Waals surface area contributed by atoms with E-state index in [1.165, 1.54) is 5.56 Å². The topological polar surface area (TPSA) is 44.5 Å². The molecule has 1 aromatic heterocycles. The highest BCUT2D eigenvalue weighted by molar-refractivity contribution is 5.21. The predicted octanol–water partition coefficient (Wildman–Crippen LogP) is 1.96. The van der Waals surface area contributed by atoms with E-state index >= 15 is 0 Å². The van der Waals surface area contributed by atoms with Gasteiger partial charge in [-0.15, -0.1) is 0 Å². The number of likely N-dealkylation sites (N-methyl/N-ethyl adjacent to an activating group) is 1. The molecule has 25 heavy (non-hydrogen) atoms. The summed E-state index contributed by atoms with van der Waals surface area (Å²) in [6.07, 6.45) is 1.62. The Kier molecular flexibility index (Phi) is 5.83. The minimum absolute atomic E-state index is 0.0685. The van der Waals surface area contributed by atoms with Gasteiger partial charge in [0.25, 0.3) is 0 Å². The van der Waals surface area contributed by atoms with Gasteiger partial charge in [-0.3, -0.25) is 9.58 Å². The molecule has 136 valence electrons. The van der Waals surface area contributed by atoms with Gasteiger partial charge in [0.2, 0.25) is 0 Å². The van der Waals surface area contributed by atoms with Crippen molar-refractivity contribution in [2.24, 2.45) is 7.05 Å². The number of aryl methyl sites for hydroxylation is 1. The number of benzene rings is 1. The van der Waals surface area contributed by atoms with Crippen molar-refractivity contribution < 1.29 is 9.50 Å². The first-order chi connectivity index (χ1) is 12.0. The number of rotatable bonds is 7. The summed E-state index contributed by atoms with van der Waals surface area (Å²) >= 11 is 0. The van der Waals surface area contributed by atoms with Gasteiger partial charge < -0.3 is 10.0 Å². The van der Waals surface area contributed by atoms with E-state index in [1.54, 1.807) is 6.20 Å². The fourth-order valence-electron chi connectivity index (χ4n) is 3.56. The van der Waals surface area contributed by atoms with E-state index in [9.17, 15) is 4.39 Å². The monoisotopic (exact) mass is 346 g/mol. The van der Waals surface area contributed by atoms with E-state index in [-0.39, 0.29) is 12.6 Å². The minimum atomic E-state index is -0.754. The molecule has 1 aliphatic heterocycles. The molecule has 2 aromatic rings. The van der Waals surface area contributed by atoms with Crippen molar-refractivity contribution in [3.8, 4) is 0 Å². The van der Waals surface area contributed by atoms with Gasteiger partial charge in [-0.05, 0) is 30.7 Å². The van der Waals surface area contributed by atoms with Crippen molar-refractivity contribution in [3.63, 3.8) is 0 Å². The molecular formula is C19H27FN4O. The van der Waals surface area contributed by atoms with E-state index in [1.807, 2.05) is 42.1 Å². The molecule has 0 spiro atoms. The minimum Gasteiger partial charge on any atom is -0.392 e. The average molecular weight is 346 g/mol. The van der Waals surface area contributed by atoms with E-state index in [0.717, 1.165) is 30.9 Å².